The van der Waals surface area contributed by atoms with Crippen LogP contribution in [-0.4, -0.2) is 30.1 Å². The van der Waals surface area contributed by atoms with Crippen LogP contribution in [0.3, 0.4) is 0 Å². The Hall–Kier alpha value is 0.120. The molecule has 0 N–H and O–H groups in total. The lowest BCUT2D eigenvalue weighted by Gasteiger charge is -2.19. The molecule has 122 valence electrons. The summed E-state index contributed by atoms with van der Waals surface area (Å²) in [7, 11) is 0. The minimum absolute atomic E-state index is 0.514. The molecule has 0 heterocycles. The second-order valence-corrected chi connectivity index (χ2v) is 11.3. The Morgan fingerprint density at radius 2 is 1.86 bits per heavy atom. The van der Waals surface area contributed by atoms with Gasteiger partial charge in [-0.1, -0.05) is 23.7 Å². The number of halogens is 1. The fraction of sp³-hybridized carbons (Fsp3) is 0.385. The smallest absolute Gasteiger partial charge is 0.254 e. The van der Waals surface area contributed by atoms with Crippen LogP contribution in [0.25, 0.3) is 0 Å². The molecule has 22 heavy (non-hydrogen) atoms. The minimum Gasteiger partial charge on any atom is -0.322 e. The number of hydrogen-bond donors (Lipinski definition) is 0. The highest BCUT2D eigenvalue weighted by Crippen LogP contribution is 2.62. The molecule has 0 radical (unpaired) electrons. The Bertz CT molecular complexity index is 557. The summed E-state index contributed by atoms with van der Waals surface area (Å²) in [4.78, 5) is 0. The highest BCUT2D eigenvalue weighted by Gasteiger charge is 2.22. The molecular formula is C13H18ClN2O2PS3. The van der Waals surface area contributed by atoms with E-state index in [-0.39, 0.29) is 0 Å². The topological polar surface area (TPSA) is 43.2 Å². The van der Waals surface area contributed by atoms with Gasteiger partial charge in [-0.05, 0) is 61.0 Å². The van der Waals surface area contributed by atoms with Gasteiger partial charge in [-0.3, -0.25) is 0 Å². The molecule has 0 aliphatic heterocycles. The highest BCUT2D eigenvalue weighted by molar-refractivity contribution is 8.78. The van der Waals surface area contributed by atoms with Crippen molar-refractivity contribution in [2.75, 3.05) is 19.5 Å². The Morgan fingerprint density at radius 3 is 2.36 bits per heavy atom. The molecule has 4 nitrogen and oxygen atoms in total. The molecule has 0 bridgehead atoms. The molecular weight excluding hydrogens is 379 g/mol. The van der Waals surface area contributed by atoms with Crippen molar-refractivity contribution < 1.29 is 9.05 Å². The van der Waals surface area contributed by atoms with Crippen LogP contribution in [-0.2, 0) is 20.9 Å². The molecule has 0 unspecified atom stereocenters. The van der Waals surface area contributed by atoms with Crippen LogP contribution in [0.15, 0.2) is 34.5 Å². The van der Waals surface area contributed by atoms with Crippen LogP contribution in [0.2, 0.25) is 5.02 Å². The fourth-order valence-corrected chi connectivity index (χ4v) is 7.81. The standard InChI is InChI=1S/C13H18ClN2O2PS3/c1-4-17-19(20,18-5-2)22-13(21-3)16-15-10-11-6-8-12(14)9-7-11/h6-10H,4-5H2,1-3H3/b15-10+,16-13-. The Morgan fingerprint density at radius 1 is 1.27 bits per heavy atom. The third kappa shape index (κ3) is 7.59. The lowest BCUT2D eigenvalue weighted by atomic mass is 10.2. The summed E-state index contributed by atoms with van der Waals surface area (Å²) >= 11 is 14.1. The van der Waals surface area contributed by atoms with Gasteiger partial charge in [0.15, 0.2) is 4.38 Å². The Kier molecular flexibility index (Phi) is 9.91. The van der Waals surface area contributed by atoms with E-state index in [0.717, 1.165) is 9.94 Å². The Balaban J connectivity index is 2.77. The van der Waals surface area contributed by atoms with Gasteiger partial charge in [-0.15, -0.1) is 16.9 Å². The van der Waals surface area contributed by atoms with E-state index >= 15 is 0 Å². The summed E-state index contributed by atoms with van der Waals surface area (Å²) in [5, 5.41) is 8.96. The summed E-state index contributed by atoms with van der Waals surface area (Å²) in [5.41, 5.74) is -1.48. The zero-order chi connectivity index (χ0) is 16.4. The van der Waals surface area contributed by atoms with Crippen molar-refractivity contribution in [3.8, 4) is 0 Å². The molecule has 0 aliphatic rings. The van der Waals surface area contributed by atoms with Crippen LogP contribution in [0.1, 0.15) is 19.4 Å². The van der Waals surface area contributed by atoms with E-state index < -0.39 is 5.69 Å². The van der Waals surface area contributed by atoms with Gasteiger partial charge >= 0.3 is 0 Å². The molecule has 1 aromatic carbocycles. The number of benzene rings is 1. The first kappa shape index (κ1) is 20.2. The van der Waals surface area contributed by atoms with Crippen LogP contribution < -0.4 is 0 Å². The number of hydrogen-bond acceptors (Lipinski definition) is 7. The van der Waals surface area contributed by atoms with E-state index in [1.54, 1.807) is 18.3 Å². The molecule has 0 saturated heterocycles. The monoisotopic (exact) mass is 396 g/mol. The van der Waals surface area contributed by atoms with E-state index in [1.165, 1.54) is 23.1 Å². The zero-order valence-corrected chi connectivity index (χ0v) is 16.7. The molecule has 0 spiro atoms. The lowest BCUT2D eigenvalue weighted by Crippen LogP contribution is -1.95. The molecule has 0 amide bonds. The summed E-state index contributed by atoms with van der Waals surface area (Å²) < 4.78 is 11.9. The van der Waals surface area contributed by atoms with E-state index in [1.807, 2.05) is 32.2 Å². The maximum absolute atomic E-state index is 5.84. The van der Waals surface area contributed by atoms with Gasteiger partial charge < -0.3 is 9.05 Å². The van der Waals surface area contributed by atoms with Crippen LogP contribution >= 0.6 is 40.4 Å². The van der Waals surface area contributed by atoms with Crippen molar-refractivity contribution in [3.05, 3.63) is 34.9 Å². The molecule has 0 aliphatic carbocycles. The summed E-state index contributed by atoms with van der Waals surface area (Å²) in [5.74, 6) is 0. The second kappa shape index (κ2) is 10.8. The van der Waals surface area contributed by atoms with E-state index in [2.05, 4.69) is 10.2 Å². The first-order valence-corrected chi connectivity index (χ1v) is 12.2. The molecule has 0 fully saturated rings. The van der Waals surface area contributed by atoms with Crippen molar-refractivity contribution >= 4 is 62.8 Å². The number of nitrogens with zero attached hydrogens (tertiary/aromatic N) is 2. The van der Waals surface area contributed by atoms with Gasteiger partial charge in [0.05, 0.1) is 19.4 Å². The first-order valence-electron chi connectivity index (χ1n) is 6.52. The van der Waals surface area contributed by atoms with Gasteiger partial charge in [0.25, 0.3) is 5.69 Å². The maximum atomic E-state index is 5.84. The van der Waals surface area contributed by atoms with Gasteiger partial charge in [0.1, 0.15) is 0 Å². The van der Waals surface area contributed by atoms with Crippen molar-refractivity contribution in [1.29, 1.82) is 0 Å². The van der Waals surface area contributed by atoms with Gasteiger partial charge in [0.2, 0.25) is 0 Å². The van der Waals surface area contributed by atoms with Crippen molar-refractivity contribution in [2.45, 2.75) is 13.8 Å². The Labute approximate surface area is 150 Å². The van der Waals surface area contributed by atoms with Gasteiger partial charge in [-0.2, -0.15) is 5.10 Å². The number of thioether (sulfide) groups is 1. The average molecular weight is 397 g/mol. The summed E-state index contributed by atoms with van der Waals surface area (Å²) in [6, 6.07) is 7.36. The van der Waals surface area contributed by atoms with Gasteiger partial charge in [0, 0.05) is 5.02 Å². The quantitative estimate of drug-likeness (QED) is 0.266. The third-order valence-corrected chi connectivity index (χ3v) is 8.69. The second-order valence-electron chi connectivity index (χ2n) is 3.74. The van der Waals surface area contributed by atoms with Crippen molar-refractivity contribution in [1.82, 2.24) is 0 Å². The summed E-state index contributed by atoms with van der Waals surface area (Å²) in [6.45, 7) is 4.82. The molecule has 1 aromatic rings. The van der Waals surface area contributed by atoms with Crippen molar-refractivity contribution in [2.24, 2.45) is 10.2 Å². The molecule has 0 aromatic heterocycles. The predicted molar refractivity (Wildman–Crippen MR) is 105 cm³/mol. The van der Waals surface area contributed by atoms with Crippen LogP contribution in [0.5, 0.6) is 0 Å². The third-order valence-electron chi connectivity index (χ3n) is 2.16. The van der Waals surface area contributed by atoms with Crippen LogP contribution in [0, 0.1) is 0 Å². The van der Waals surface area contributed by atoms with E-state index in [9.17, 15) is 0 Å². The molecule has 1 rings (SSSR count). The molecule has 0 atom stereocenters. The lowest BCUT2D eigenvalue weighted by molar-refractivity contribution is 0.281. The van der Waals surface area contributed by atoms with Crippen LogP contribution in [0.4, 0.5) is 0 Å². The summed E-state index contributed by atoms with van der Waals surface area (Å²) in [6.07, 6.45) is 3.58. The highest BCUT2D eigenvalue weighted by atomic mass is 35.5. The van der Waals surface area contributed by atoms with Crippen molar-refractivity contribution in [3.63, 3.8) is 0 Å². The molecule has 9 heteroatoms. The fourth-order valence-electron chi connectivity index (χ4n) is 1.29. The normalized spacial score (nSPS) is 13.0. The SMILES string of the molecule is CCOP(=S)(OCC)S/C(=N\N=C\c1ccc(Cl)cc1)SC. The predicted octanol–water partition coefficient (Wildman–Crippen LogP) is 5.42. The van der Waals surface area contributed by atoms with Gasteiger partial charge in [-0.25, -0.2) is 0 Å². The first-order chi connectivity index (χ1) is 10.5. The number of rotatable bonds is 7. The maximum Gasteiger partial charge on any atom is 0.254 e. The average Bonchev–Trinajstić information content (AvgIpc) is 2.48. The zero-order valence-electron chi connectivity index (χ0n) is 12.6. The largest absolute Gasteiger partial charge is 0.322 e. The minimum atomic E-state index is -2.40. The van der Waals surface area contributed by atoms with E-state index in [4.69, 9.17) is 32.5 Å². The molecule has 0 saturated carbocycles. The van der Waals surface area contributed by atoms with E-state index in [0.29, 0.717) is 18.2 Å².